The highest BCUT2D eigenvalue weighted by Crippen LogP contribution is 2.02. The summed E-state index contributed by atoms with van der Waals surface area (Å²) in [4.78, 5) is 1.61. The standard InChI is InChI=1S/C10H12N4/c1-2-5-10(6-3-1)7-4-8-14-12-9-11-13-14/h1-3,5-6,9H,4,7-8H2. The van der Waals surface area contributed by atoms with Gasteiger partial charge >= 0.3 is 0 Å². The molecular formula is C10H12N4. The fourth-order valence-corrected chi connectivity index (χ4v) is 1.36. The van der Waals surface area contributed by atoms with E-state index in [0.717, 1.165) is 19.4 Å². The third-order valence-corrected chi connectivity index (χ3v) is 2.06. The monoisotopic (exact) mass is 188 g/mol. The van der Waals surface area contributed by atoms with Gasteiger partial charge in [-0.15, -0.1) is 10.2 Å². The van der Waals surface area contributed by atoms with Gasteiger partial charge in [0.05, 0.1) is 6.54 Å². The van der Waals surface area contributed by atoms with Crippen molar-refractivity contribution < 1.29 is 0 Å². The molecule has 4 nitrogen and oxygen atoms in total. The fourth-order valence-electron chi connectivity index (χ4n) is 1.36. The summed E-state index contributed by atoms with van der Waals surface area (Å²) in [6, 6.07) is 10.4. The molecule has 0 aliphatic rings. The van der Waals surface area contributed by atoms with Crippen LogP contribution < -0.4 is 0 Å². The van der Waals surface area contributed by atoms with Crippen molar-refractivity contribution in [3.8, 4) is 0 Å². The molecule has 0 radical (unpaired) electrons. The predicted molar refractivity (Wildman–Crippen MR) is 52.6 cm³/mol. The van der Waals surface area contributed by atoms with E-state index in [-0.39, 0.29) is 0 Å². The number of hydrogen-bond acceptors (Lipinski definition) is 3. The average molecular weight is 188 g/mol. The maximum absolute atomic E-state index is 3.94. The van der Waals surface area contributed by atoms with Crippen LogP contribution in [0.2, 0.25) is 0 Å². The van der Waals surface area contributed by atoms with Gasteiger partial charge in [0, 0.05) is 0 Å². The van der Waals surface area contributed by atoms with Crippen molar-refractivity contribution in [1.29, 1.82) is 0 Å². The first-order chi connectivity index (χ1) is 6.95. The van der Waals surface area contributed by atoms with E-state index in [1.165, 1.54) is 11.9 Å². The van der Waals surface area contributed by atoms with Gasteiger partial charge < -0.3 is 0 Å². The lowest BCUT2D eigenvalue weighted by Crippen LogP contribution is -2.03. The molecular weight excluding hydrogens is 176 g/mol. The number of aromatic nitrogens is 4. The molecule has 0 spiro atoms. The molecule has 0 aliphatic heterocycles. The molecule has 1 aromatic carbocycles. The van der Waals surface area contributed by atoms with Crippen molar-refractivity contribution in [2.24, 2.45) is 0 Å². The topological polar surface area (TPSA) is 43.6 Å². The molecule has 1 aromatic heterocycles. The Morgan fingerprint density at radius 3 is 2.71 bits per heavy atom. The normalized spacial score (nSPS) is 10.3. The van der Waals surface area contributed by atoms with E-state index >= 15 is 0 Å². The minimum atomic E-state index is 0.828. The van der Waals surface area contributed by atoms with Crippen molar-refractivity contribution >= 4 is 0 Å². The summed E-state index contributed by atoms with van der Waals surface area (Å²) in [5, 5.41) is 11.4. The van der Waals surface area contributed by atoms with Crippen molar-refractivity contribution in [2.45, 2.75) is 19.4 Å². The quantitative estimate of drug-likeness (QED) is 0.726. The van der Waals surface area contributed by atoms with Crippen LogP contribution in [-0.2, 0) is 13.0 Å². The molecule has 0 fully saturated rings. The summed E-state index contributed by atoms with van der Waals surface area (Å²) in [5.41, 5.74) is 1.35. The largest absolute Gasteiger partial charge is 0.164 e. The number of hydrogen-bond donors (Lipinski definition) is 0. The Morgan fingerprint density at radius 1 is 1.14 bits per heavy atom. The minimum absolute atomic E-state index is 0.828. The van der Waals surface area contributed by atoms with Gasteiger partial charge in [0.25, 0.3) is 0 Å². The highest BCUT2D eigenvalue weighted by atomic mass is 15.6. The van der Waals surface area contributed by atoms with Gasteiger partial charge in [-0.3, -0.25) is 0 Å². The molecule has 72 valence electrons. The summed E-state index contributed by atoms with van der Waals surface area (Å²) >= 11 is 0. The van der Waals surface area contributed by atoms with E-state index < -0.39 is 0 Å². The Morgan fingerprint density at radius 2 is 2.00 bits per heavy atom. The van der Waals surface area contributed by atoms with E-state index in [9.17, 15) is 0 Å². The Kier molecular flexibility index (Phi) is 2.85. The lowest BCUT2D eigenvalue weighted by Gasteiger charge is -1.99. The van der Waals surface area contributed by atoms with Gasteiger partial charge in [-0.1, -0.05) is 30.3 Å². The van der Waals surface area contributed by atoms with Gasteiger partial charge in [-0.2, -0.15) is 4.80 Å². The molecule has 4 heteroatoms. The van der Waals surface area contributed by atoms with Crippen LogP contribution in [0.4, 0.5) is 0 Å². The molecule has 0 saturated carbocycles. The molecule has 0 atom stereocenters. The van der Waals surface area contributed by atoms with E-state index in [1.807, 2.05) is 6.07 Å². The summed E-state index contributed by atoms with van der Waals surface area (Å²) in [6.07, 6.45) is 3.56. The summed E-state index contributed by atoms with van der Waals surface area (Å²) in [7, 11) is 0. The fraction of sp³-hybridized carbons (Fsp3) is 0.300. The molecule has 0 saturated heterocycles. The van der Waals surface area contributed by atoms with E-state index in [0.29, 0.717) is 0 Å². The van der Waals surface area contributed by atoms with Crippen LogP contribution in [0.3, 0.4) is 0 Å². The first-order valence-corrected chi connectivity index (χ1v) is 4.70. The molecule has 0 amide bonds. The molecule has 14 heavy (non-hydrogen) atoms. The Bertz CT molecular complexity index is 355. The number of aryl methyl sites for hydroxylation is 2. The Hall–Kier alpha value is -1.71. The highest BCUT2D eigenvalue weighted by molar-refractivity contribution is 5.14. The molecule has 1 heterocycles. The maximum atomic E-state index is 3.94. The van der Waals surface area contributed by atoms with Crippen LogP contribution in [0.1, 0.15) is 12.0 Å². The zero-order valence-corrected chi connectivity index (χ0v) is 7.87. The molecule has 2 aromatic rings. The maximum Gasteiger partial charge on any atom is 0.162 e. The van der Waals surface area contributed by atoms with Gasteiger partial charge in [0.1, 0.15) is 0 Å². The molecule has 0 N–H and O–H groups in total. The van der Waals surface area contributed by atoms with Gasteiger partial charge in [0.2, 0.25) is 0 Å². The van der Waals surface area contributed by atoms with Crippen LogP contribution in [0.25, 0.3) is 0 Å². The second-order valence-electron chi connectivity index (χ2n) is 3.12. The van der Waals surface area contributed by atoms with Crippen LogP contribution in [0, 0.1) is 0 Å². The average Bonchev–Trinajstić information content (AvgIpc) is 2.72. The number of rotatable bonds is 4. The lowest BCUT2D eigenvalue weighted by atomic mass is 10.1. The van der Waals surface area contributed by atoms with Crippen LogP contribution in [0.5, 0.6) is 0 Å². The molecule has 2 rings (SSSR count). The molecule has 0 bridgehead atoms. The Labute approximate surface area is 82.6 Å². The van der Waals surface area contributed by atoms with E-state index in [1.54, 1.807) is 4.80 Å². The van der Waals surface area contributed by atoms with Crippen LogP contribution in [0.15, 0.2) is 36.7 Å². The van der Waals surface area contributed by atoms with Crippen molar-refractivity contribution in [1.82, 2.24) is 20.2 Å². The predicted octanol–water partition coefficient (Wildman–Crippen LogP) is 1.31. The second kappa shape index (κ2) is 4.50. The number of nitrogens with zero attached hydrogens (tertiary/aromatic N) is 4. The Balaban J connectivity index is 1.79. The first-order valence-electron chi connectivity index (χ1n) is 4.70. The third-order valence-electron chi connectivity index (χ3n) is 2.06. The van der Waals surface area contributed by atoms with Crippen molar-refractivity contribution in [3.63, 3.8) is 0 Å². The lowest BCUT2D eigenvalue weighted by molar-refractivity contribution is 0.500. The summed E-state index contributed by atoms with van der Waals surface area (Å²) in [5.74, 6) is 0. The summed E-state index contributed by atoms with van der Waals surface area (Å²) < 4.78 is 0. The van der Waals surface area contributed by atoms with E-state index in [4.69, 9.17) is 0 Å². The number of tetrazole rings is 1. The van der Waals surface area contributed by atoms with E-state index in [2.05, 4.69) is 39.7 Å². The zero-order chi connectivity index (χ0) is 9.64. The zero-order valence-electron chi connectivity index (χ0n) is 7.87. The van der Waals surface area contributed by atoms with Crippen molar-refractivity contribution in [3.05, 3.63) is 42.2 Å². The minimum Gasteiger partial charge on any atom is -0.164 e. The first kappa shape index (κ1) is 8.87. The third kappa shape index (κ3) is 2.39. The van der Waals surface area contributed by atoms with Crippen LogP contribution in [-0.4, -0.2) is 20.2 Å². The highest BCUT2D eigenvalue weighted by Gasteiger charge is 1.94. The summed E-state index contributed by atoms with van der Waals surface area (Å²) in [6.45, 7) is 0.828. The smallest absolute Gasteiger partial charge is 0.162 e. The SMILES string of the molecule is c1ccc(CCCn2ncnn2)cc1. The van der Waals surface area contributed by atoms with Crippen LogP contribution >= 0.6 is 0 Å². The molecule has 0 aliphatic carbocycles. The second-order valence-corrected chi connectivity index (χ2v) is 3.12. The van der Waals surface area contributed by atoms with Crippen molar-refractivity contribution in [2.75, 3.05) is 0 Å². The van der Waals surface area contributed by atoms with Gasteiger partial charge in [-0.05, 0) is 23.6 Å². The molecule has 0 unspecified atom stereocenters. The van der Waals surface area contributed by atoms with Gasteiger partial charge in [0.15, 0.2) is 6.33 Å². The number of benzene rings is 1. The van der Waals surface area contributed by atoms with Gasteiger partial charge in [-0.25, -0.2) is 0 Å².